The Labute approximate surface area is 155 Å². The second kappa shape index (κ2) is 7.85. The summed E-state index contributed by atoms with van der Waals surface area (Å²) < 4.78 is 49.8. The molecule has 3 rings (SSSR count). The van der Waals surface area contributed by atoms with Gasteiger partial charge in [0.2, 0.25) is 10.0 Å². The van der Waals surface area contributed by atoms with Crippen LogP contribution in [0.5, 0.6) is 0 Å². The zero-order valence-electron chi connectivity index (χ0n) is 14.0. The molecule has 3 heterocycles. The van der Waals surface area contributed by atoms with Gasteiger partial charge in [0.25, 0.3) is 0 Å². The molecule has 1 unspecified atom stereocenters. The molecule has 1 aromatic rings. The smallest absolute Gasteiger partial charge is 0.244 e. The van der Waals surface area contributed by atoms with Crippen LogP contribution in [0.25, 0.3) is 0 Å². The van der Waals surface area contributed by atoms with Gasteiger partial charge in [-0.15, -0.1) is 12.4 Å². The highest BCUT2D eigenvalue weighted by molar-refractivity contribution is 7.90. The van der Waals surface area contributed by atoms with Gasteiger partial charge >= 0.3 is 0 Å². The van der Waals surface area contributed by atoms with Crippen molar-refractivity contribution in [3.63, 3.8) is 0 Å². The Morgan fingerprint density at radius 3 is 2.36 bits per heavy atom. The van der Waals surface area contributed by atoms with Crippen molar-refractivity contribution >= 4 is 32.3 Å². The van der Waals surface area contributed by atoms with Gasteiger partial charge in [0.1, 0.15) is 4.90 Å². The Bertz CT molecular complexity index is 793. The number of hydrogen-bond donors (Lipinski definition) is 1. The summed E-state index contributed by atoms with van der Waals surface area (Å²) in [6.07, 6.45) is 2.99. The van der Waals surface area contributed by atoms with E-state index in [1.165, 1.54) is 16.4 Å². The summed E-state index contributed by atoms with van der Waals surface area (Å²) in [6.45, 7) is 4.67. The van der Waals surface area contributed by atoms with E-state index >= 15 is 0 Å². The Morgan fingerprint density at radius 2 is 1.80 bits per heavy atom. The number of nitrogens with zero attached hydrogens (tertiary/aromatic N) is 3. The predicted molar refractivity (Wildman–Crippen MR) is 96.2 cm³/mol. The van der Waals surface area contributed by atoms with Gasteiger partial charge in [-0.05, 0) is 18.6 Å². The van der Waals surface area contributed by atoms with E-state index in [4.69, 9.17) is 0 Å². The number of sulfone groups is 1. The molecule has 1 atom stereocenters. The number of nitrogens with one attached hydrogen (secondary N) is 1. The molecule has 0 spiro atoms. The molecular weight excluding hydrogens is 388 g/mol. The molecule has 2 saturated heterocycles. The summed E-state index contributed by atoms with van der Waals surface area (Å²) in [6, 6.07) is 2.80. The first-order valence-electron chi connectivity index (χ1n) is 7.89. The van der Waals surface area contributed by atoms with Crippen LogP contribution in [0.4, 0.5) is 0 Å². The van der Waals surface area contributed by atoms with Crippen molar-refractivity contribution in [2.45, 2.75) is 22.4 Å². The van der Waals surface area contributed by atoms with Crippen LogP contribution in [-0.4, -0.2) is 82.6 Å². The monoisotopic (exact) mass is 410 g/mol. The predicted octanol–water partition coefficient (Wildman–Crippen LogP) is -0.425. The van der Waals surface area contributed by atoms with E-state index in [0.29, 0.717) is 13.1 Å². The molecular formula is C14H23ClN4O4S2. The molecule has 8 nitrogen and oxygen atoms in total. The molecule has 0 amide bonds. The normalized spacial score (nSPS) is 23.3. The van der Waals surface area contributed by atoms with Crippen LogP contribution in [0, 0.1) is 0 Å². The molecule has 2 aliphatic rings. The average molecular weight is 411 g/mol. The number of pyridine rings is 1. The minimum atomic E-state index is -3.64. The van der Waals surface area contributed by atoms with Crippen LogP contribution in [0.2, 0.25) is 0 Å². The van der Waals surface area contributed by atoms with Gasteiger partial charge in [-0.25, -0.2) is 21.8 Å². The van der Waals surface area contributed by atoms with E-state index < -0.39 is 19.9 Å². The first-order valence-corrected chi connectivity index (χ1v) is 11.2. The highest BCUT2D eigenvalue weighted by Gasteiger charge is 2.35. The third-order valence-corrected chi connectivity index (χ3v) is 7.37. The molecule has 2 aliphatic heterocycles. The van der Waals surface area contributed by atoms with Crippen molar-refractivity contribution in [3.05, 3.63) is 18.3 Å². The molecule has 142 valence electrons. The second-order valence-corrected chi connectivity index (χ2v) is 10.1. The number of hydrogen-bond acceptors (Lipinski definition) is 7. The number of sulfonamides is 1. The van der Waals surface area contributed by atoms with Crippen LogP contribution in [0.15, 0.2) is 28.3 Å². The van der Waals surface area contributed by atoms with E-state index in [9.17, 15) is 16.8 Å². The van der Waals surface area contributed by atoms with E-state index in [-0.39, 0.29) is 28.4 Å². The lowest BCUT2D eigenvalue weighted by atomic mass is 10.2. The van der Waals surface area contributed by atoms with Gasteiger partial charge < -0.3 is 5.32 Å². The standard InChI is InChI=1S/C14H22N4O4S2.ClH/c1-23(19,20)14-3-2-13(10-16-14)24(21,22)18-7-4-12(11-18)17-8-5-15-6-9-17;/h2-3,10,12,15H,4-9,11H2,1H3;1H. The molecule has 0 aliphatic carbocycles. The van der Waals surface area contributed by atoms with Crippen LogP contribution < -0.4 is 5.32 Å². The third kappa shape index (κ3) is 4.50. The van der Waals surface area contributed by atoms with Crippen LogP contribution >= 0.6 is 12.4 Å². The van der Waals surface area contributed by atoms with Gasteiger partial charge in [-0.2, -0.15) is 4.31 Å². The highest BCUT2D eigenvalue weighted by atomic mass is 35.5. The quantitative estimate of drug-likeness (QED) is 0.719. The molecule has 2 fully saturated rings. The Morgan fingerprint density at radius 1 is 1.12 bits per heavy atom. The summed E-state index contributed by atoms with van der Waals surface area (Å²) in [5.74, 6) is 0. The maximum Gasteiger partial charge on any atom is 0.244 e. The molecule has 0 bridgehead atoms. The van der Waals surface area contributed by atoms with E-state index in [1.807, 2.05) is 0 Å². The van der Waals surface area contributed by atoms with Crippen molar-refractivity contribution in [2.24, 2.45) is 0 Å². The average Bonchev–Trinajstić information content (AvgIpc) is 3.06. The molecule has 1 N–H and O–H groups in total. The lowest BCUT2D eigenvalue weighted by Crippen LogP contribution is -2.49. The molecule has 0 saturated carbocycles. The minimum Gasteiger partial charge on any atom is -0.314 e. The van der Waals surface area contributed by atoms with E-state index in [0.717, 1.165) is 45.1 Å². The Hall–Kier alpha value is -0.780. The molecule has 1 aromatic heterocycles. The van der Waals surface area contributed by atoms with Crippen molar-refractivity contribution in [1.82, 2.24) is 19.5 Å². The lowest BCUT2D eigenvalue weighted by Gasteiger charge is -2.32. The SMILES string of the molecule is CS(=O)(=O)c1ccc(S(=O)(=O)N2CCC(N3CCNCC3)C2)cn1.Cl. The van der Waals surface area contributed by atoms with Crippen molar-refractivity contribution in [1.29, 1.82) is 0 Å². The van der Waals surface area contributed by atoms with Gasteiger partial charge in [0, 0.05) is 57.8 Å². The first kappa shape index (κ1) is 20.5. The molecule has 11 heteroatoms. The third-order valence-electron chi connectivity index (χ3n) is 4.52. The van der Waals surface area contributed by atoms with Gasteiger partial charge in [0.15, 0.2) is 14.9 Å². The van der Waals surface area contributed by atoms with E-state index in [2.05, 4.69) is 15.2 Å². The van der Waals surface area contributed by atoms with Crippen LogP contribution in [0.3, 0.4) is 0 Å². The topological polar surface area (TPSA) is 99.7 Å². The second-order valence-electron chi connectivity index (χ2n) is 6.20. The maximum atomic E-state index is 12.7. The minimum absolute atomic E-state index is 0. The molecule has 25 heavy (non-hydrogen) atoms. The zero-order valence-corrected chi connectivity index (χ0v) is 16.4. The fourth-order valence-corrected chi connectivity index (χ4v) is 5.16. The molecule has 0 aromatic carbocycles. The van der Waals surface area contributed by atoms with Crippen LogP contribution in [-0.2, 0) is 19.9 Å². The van der Waals surface area contributed by atoms with Crippen molar-refractivity contribution < 1.29 is 16.8 Å². The number of halogens is 1. The summed E-state index contributed by atoms with van der Waals surface area (Å²) >= 11 is 0. The van der Waals surface area contributed by atoms with E-state index in [1.54, 1.807) is 0 Å². The summed E-state index contributed by atoms with van der Waals surface area (Å²) in [5, 5.41) is 3.17. The van der Waals surface area contributed by atoms with Gasteiger partial charge in [0.05, 0.1) is 0 Å². The number of piperazine rings is 1. The fraction of sp³-hybridized carbons (Fsp3) is 0.643. The first-order chi connectivity index (χ1) is 11.3. The van der Waals surface area contributed by atoms with Gasteiger partial charge in [-0.3, -0.25) is 4.90 Å². The van der Waals surface area contributed by atoms with Crippen LogP contribution in [0.1, 0.15) is 6.42 Å². The lowest BCUT2D eigenvalue weighted by molar-refractivity contribution is 0.179. The summed E-state index contributed by atoms with van der Waals surface area (Å²) in [7, 11) is -7.08. The molecule has 0 radical (unpaired) electrons. The fourth-order valence-electron chi connectivity index (χ4n) is 3.16. The number of aromatic nitrogens is 1. The summed E-state index contributed by atoms with van der Waals surface area (Å²) in [5.41, 5.74) is 0. The number of rotatable bonds is 4. The zero-order chi connectivity index (χ0) is 17.4. The largest absolute Gasteiger partial charge is 0.314 e. The van der Waals surface area contributed by atoms with Crippen molar-refractivity contribution in [2.75, 3.05) is 45.5 Å². The Kier molecular flexibility index (Phi) is 6.45. The maximum absolute atomic E-state index is 12.7. The highest BCUT2D eigenvalue weighted by Crippen LogP contribution is 2.24. The Balaban J connectivity index is 0.00000225. The summed E-state index contributed by atoms with van der Waals surface area (Å²) in [4.78, 5) is 6.15. The van der Waals surface area contributed by atoms with Gasteiger partial charge in [-0.1, -0.05) is 0 Å². The van der Waals surface area contributed by atoms with Crippen molar-refractivity contribution in [3.8, 4) is 0 Å².